The Hall–Kier alpha value is -3.17. The summed E-state index contributed by atoms with van der Waals surface area (Å²) in [6.45, 7) is 7.69. The van der Waals surface area contributed by atoms with E-state index in [0.717, 1.165) is 12.0 Å². The summed E-state index contributed by atoms with van der Waals surface area (Å²) in [5.74, 6) is -0.724. The third kappa shape index (κ3) is 6.22. The van der Waals surface area contributed by atoms with Crippen LogP contribution in [0.5, 0.6) is 0 Å². The van der Waals surface area contributed by atoms with Crippen LogP contribution in [0.15, 0.2) is 48.5 Å². The van der Waals surface area contributed by atoms with E-state index in [2.05, 4.69) is 17.6 Å². The number of benzene rings is 2. The van der Waals surface area contributed by atoms with E-state index in [1.54, 1.807) is 56.8 Å². The maximum Gasteiger partial charge on any atom is 0.412 e. The number of piperidine rings is 1. The number of ketones is 2. The Balaban J connectivity index is 1.43. The molecule has 2 amide bonds. The molecular formula is C28H33N3O5S. The number of aryl methyl sites for hydroxylation is 1. The molecule has 2 N–H and O–H groups in total. The third-order valence-electron chi connectivity index (χ3n) is 6.46. The van der Waals surface area contributed by atoms with Crippen LogP contribution in [0.4, 0.5) is 10.5 Å². The molecule has 8 nitrogen and oxygen atoms in total. The number of hydrogen-bond acceptors (Lipinski definition) is 7. The summed E-state index contributed by atoms with van der Waals surface area (Å²) < 4.78 is 5.27. The van der Waals surface area contributed by atoms with Gasteiger partial charge in [0.1, 0.15) is 11.6 Å². The fraction of sp³-hybridized carbons (Fsp3) is 0.429. The molecule has 0 aromatic heterocycles. The van der Waals surface area contributed by atoms with Crippen LogP contribution in [-0.4, -0.2) is 64.3 Å². The van der Waals surface area contributed by atoms with Gasteiger partial charge in [-0.05, 0) is 50.5 Å². The molecule has 0 radical (unpaired) electrons. The average Bonchev–Trinajstić information content (AvgIpc) is 3.26. The summed E-state index contributed by atoms with van der Waals surface area (Å²) in [6.07, 6.45) is 0.234. The molecule has 2 aliphatic rings. The maximum atomic E-state index is 13.5. The van der Waals surface area contributed by atoms with Crippen LogP contribution < -0.4 is 10.6 Å². The molecule has 2 bridgehead atoms. The van der Waals surface area contributed by atoms with Crippen molar-refractivity contribution in [2.24, 2.45) is 0 Å². The Kier molecular flexibility index (Phi) is 8.04. The number of para-hydroxylation sites is 1. The van der Waals surface area contributed by atoms with Crippen molar-refractivity contribution < 1.29 is 23.9 Å². The summed E-state index contributed by atoms with van der Waals surface area (Å²) in [6, 6.07) is 13.7. The lowest BCUT2D eigenvalue weighted by atomic mass is 9.82. The molecule has 2 heterocycles. The Morgan fingerprint density at radius 2 is 1.78 bits per heavy atom. The van der Waals surface area contributed by atoms with Gasteiger partial charge in [0.05, 0.1) is 23.7 Å². The molecule has 2 fully saturated rings. The first-order chi connectivity index (χ1) is 17.6. The number of fused-ring (bicyclic) bond motifs is 2. The van der Waals surface area contributed by atoms with Gasteiger partial charge in [0.2, 0.25) is 0 Å². The number of ether oxygens (including phenoxy) is 1. The lowest BCUT2D eigenvalue weighted by Crippen LogP contribution is -2.55. The normalized spacial score (nSPS) is 22.9. The van der Waals surface area contributed by atoms with Crippen molar-refractivity contribution in [3.05, 3.63) is 65.2 Å². The summed E-state index contributed by atoms with van der Waals surface area (Å²) in [5.41, 5.74) is 1.91. The van der Waals surface area contributed by atoms with Gasteiger partial charge in [0.15, 0.2) is 11.6 Å². The van der Waals surface area contributed by atoms with Crippen molar-refractivity contribution in [3.63, 3.8) is 0 Å². The van der Waals surface area contributed by atoms with Gasteiger partial charge >= 0.3 is 6.09 Å². The van der Waals surface area contributed by atoms with E-state index in [4.69, 9.17) is 4.74 Å². The van der Waals surface area contributed by atoms with Crippen molar-refractivity contribution in [1.82, 2.24) is 10.2 Å². The second-order valence-corrected chi connectivity index (χ2v) is 11.5. The third-order valence-corrected chi connectivity index (χ3v) is 7.79. The molecular weight excluding hydrogens is 490 g/mol. The number of nitrogens with one attached hydrogen (secondary N) is 2. The van der Waals surface area contributed by atoms with Crippen molar-refractivity contribution in [2.75, 3.05) is 24.3 Å². The molecule has 0 aliphatic carbocycles. The second-order valence-electron chi connectivity index (χ2n) is 10.3. The van der Waals surface area contributed by atoms with Gasteiger partial charge in [-0.15, -0.1) is 11.8 Å². The number of anilines is 1. The van der Waals surface area contributed by atoms with Crippen LogP contribution in [0, 0.1) is 0 Å². The number of nitrogens with zero attached hydrogens (tertiary/aromatic N) is 1. The monoisotopic (exact) mass is 523 g/mol. The molecule has 0 saturated carbocycles. The van der Waals surface area contributed by atoms with Gasteiger partial charge in [-0.1, -0.05) is 43.3 Å². The zero-order chi connectivity index (χ0) is 26.7. The quantitative estimate of drug-likeness (QED) is 0.529. The zero-order valence-corrected chi connectivity index (χ0v) is 22.4. The lowest BCUT2D eigenvalue weighted by Gasteiger charge is -2.34. The van der Waals surface area contributed by atoms with Crippen LogP contribution >= 0.6 is 11.8 Å². The minimum atomic E-state index is -0.891. The summed E-state index contributed by atoms with van der Waals surface area (Å²) in [4.78, 5) is 53.8. The summed E-state index contributed by atoms with van der Waals surface area (Å²) in [7, 11) is 0. The summed E-state index contributed by atoms with van der Waals surface area (Å²) in [5, 5.41) is 5.34. The van der Waals surface area contributed by atoms with Gasteiger partial charge in [0, 0.05) is 17.7 Å². The smallest absolute Gasteiger partial charge is 0.412 e. The van der Waals surface area contributed by atoms with E-state index >= 15 is 0 Å². The predicted octanol–water partition coefficient (Wildman–Crippen LogP) is 4.00. The Morgan fingerprint density at radius 3 is 2.46 bits per heavy atom. The van der Waals surface area contributed by atoms with Crippen LogP contribution in [0.25, 0.3) is 0 Å². The summed E-state index contributed by atoms with van der Waals surface area (Å²) >= 11 is 1.70. The molecule has 0 spiro atoms. The number of carbonyl (C=O) groups excluding carboxylic acids is 4. The van der Waals surface area contributed by atoms with Crippen molar-refractivity contribution in [2.45, 2.75) is 56.9 Å². The topological polar surface area (TPSA) is 105 Å². The second kappa shape index (κ2) is 11.1. The fourth-order valence-corrected chi connectivity index (χ4v) is 6.13. The van der Waals surface area contributed by atoms with Crippen molar-refractivity contribution in [1.29, 1.82) is 0 Å². The number of hydrogen-bond donors (Lipinski definition) is 2. The molecule has 4 atom stereocenters. The first-order valence-electron chi connectivity index (χ1n) is 12.5. The predicted molar refractivity (Wildman–Crippen MR) is 144 cm³/mol. The van der Waals surface area contributed by atoms with E-state index in [1.165, 1.54) is 5.56 Å². The average molecular weight is 524 g/mol. The Morgan fingerprint density at radius 1 is 1.08 bits per heavy atom. The first kappa shape index (κ1) is 26.9. The molecule has 37 heavy (non-hydrogen) atoms. The van der Waals surface area contributed by atoms with Gasteiger partial charge in [-0.3, -0.25) is 24.6 Å². The van der Waals surface area contributed by atoms with E-state index in [0.29, 0.717) is 12.4 Å². The molecule has 196 valence electrons. The van der Waals surface area contributed by atoms with Crippen LogP contribution in [0.1, 0.15) is 55.1 Å². The molecule has 4 rings (SSSR count). The lowest BCUT2D eigenvalue weighted by molar-refractivity contribution is -0.136. The minimum absolute atomic E-state index is 0.114. The number of carbonyl (C=O) groups is 4. The molecule has 4 unspecified atom stereocenters. The van der Waals surface area contributed by atoms with Crippen LogP contribution in [0.2, 0.25) is 0 Å². The standard InChI is InChI=1S/C28H33N3O5S/c1-5-17-10-12-18(13-11-17)23-22-15-31(16-37-22)24(25(23)33)21(32)14-29-26(34)19-8-6-7-9-20(19)30-27(35)36-28(2,3)4/h6-13,22-24H,5,14-16H2,1-4H3,(H,29,34)(H,30,35). The van der Waals surface area contributed by atoms with E-state index < -0.39 is 23.6 Å². The highest BCUT2D eigenvalue weighted by Gasteiger charge is 2.50. The minimum Gasteiger partial charge on any atom is -0.444 e. The number of Topliss-reactive ketones (excluding diaryl/α,β-unsaturated/α-hetero) is 2. The largest absolute Gasteiger partial charge is 0.444 e. The molecule has 2 aliphatic heterocycles. The number of amides is 2. The van der Waals surface area contributed by atoms with Crippen molar-refractivity contribution >= 4 is 41.0 Å². The fourth-order valence-electron chi connectivity index (χ4n) is 4.71. The first-order valence-corrected chi connectivity index (χ1v) is 13.5. The number of rotatable bonds is 7. The Bertz CT molecular complexity index is 1190. The molecule has 9 heteroatoms. The van der Waals surface area contributed by atoms with E-state index in [9.17, 15) is 19.2 Å². The van der Waals surface area contributed by atoms with Gasteiger partial charge < -0.3 is 10.1 Å². The molecule has 2 aromatic carbocycles. The van der Waals surface area contributed by atoms with E-state index in [-0.39, 0.29) is 40.5 Å². The van der Waals surface area contributed by atoms with Crippen LogP contribution in [0.3, 0.4) is 0 Å². The SMILES string of the molecule is CCc1ccc(C2C(=O)C(C(=O)CNC(=O)c3ccccc3NC(=O)OC(C)(C)C)N3CSC2C3)cc1. The highest BCUT2D eigenvalue weighted by atomic mass is 32.2. The van der Waals surface area contributed by atoms with Gasteiger partial charge in [-0.25, -0.2) is 4.79 Å². The van der Waals surface area contributed by atoms with Crippen molar-refractivity contribution in [3.8, 4) is 0 Å². The van der Waals surface area contributed by atoms with Crippen LogP contribution in [-0.2, 0) is 20.7 Å². The zero-order valence-electron chi connectivity index (χ0n) is 21.6. The molecule has 2 aromatic rings. The molecule has 2 saturated heterocycles. The van der Waals surface area contributed by atoms with Gasteiger partial charge in [0.25, 0.3) is 5.91 Å². The van der Waals surface area contributed by atoms with Gasteiger partial charge in [-0.2, -0.15) is 0 Å². The Labute approximate surface area is 221 Å². The van der Waals surface area contributed by atoms with E-state index in [1.807, 2.05) is 29.2 Å². The highest BCUT2D eigenvalue weighted by molar-refractivity contribution is 8.00. The maximum absolute atomic E-state index is 13.5. The highest BCUT2D eigenvalue weighted by Crippen LogP contribution is 2.42. The number of thioether (sulfide) groups is 1.